The van der Waals surface area contributed by atoms with Crippen LogP contribution in [0.1, 0.15) is 51.4 Å². The van der Waals surface area contributed by atoms with E-state index in [-0.39, 0.29) is 5.92 Å². The molecule has 2 aliphatic carbocycles. The van der Waals surface area contributed by atoms with Gasteiger partial charge in [-0.3, -0.25) is 9.00 Å². The number of hydrogen-bond donors (Lipinski definition) is 2. The van der Waals surface area contributed by atoms with Crippen LogP contribution in [-0.4, -0.2) is 37.5 Å². The standard InChI is InChI=1S/C14H24O4S/c15-13(16)12-5-7-14(17,8-6-12)10-19(18)9-11-3-1-2-4-11/h11-12,17H,1-10H2,(H,15,16). The summed E-state index contributed by atoms with van der Waals surface area (Å²) in [6.45, 7) is 0. The fraction of sp³-hybridized carbons (Fsp3) is 0.929. The van der Waals surface area contributed by atoms with Crippen molar-refractivity contribution < 1.29 is 19.2 Å². The van der Waals surface area contributed by atoms with Crippen LogP contribution in [0.25, 0.3) is 0 Å². The molecule has 19 heavy (non-hydrogen) atoms. The Morgan fingerprint density at radius 1 is 1.16 bits per heavy atom. The van der Waals surface area contributed by atoms with E-state index in [1.807, 2.05) is 0 Å². The number of aliphatic carboxylic acids is 1. The molecule has 1 unspecified atom stereocenters. The van der Waals surface area contributed by atoms with E-state index in [2.05, 4.69) is 0 Å². The van der Waals surface area contributed by atoms with Crippen LogP contribution in [0.5, 0.6) is 0 Å². The second kappa shape index (κ2) is 6.35. The van der Waals surface area contributed by atoms with E-state index < -0.39 is 22.4 Å². The monoisotopic (exact) mass is 288 g/mol. The van der Waals surface area contributed by atoms with Crippen LogP contribution in [0.3, 0.4) is 0 Å². The molecule has 0 spiro atoms. The Balaban J connectivity index is 1.78. The van der Waals surface area contributed by atoms with Crippen molar-refractivity contribution in [1.82, 2.24) is 0 Å². The first-order valence-corrected chi connectivity index (χ1v) is 8.77. The van der Waals surface area contributed by atoms with E-state index >= 15 is 0 Å². The summed E-state index contributed by atoms with van der Waals surface area (Å²) in [7, 11) is -0.966. The normalized spacial score (nSPS) is 34.3. The lowest BCUT2D eigenvalue weighted by Crippen LogP contribution is -2.41. The third-order valence-corrected chi connectivity index (χ3v) is 6.29. The molecular formula is C14H24O4S. The highest BCUT2D eigenvalue weighted by atomic mass is 32.2. The summed E-state index contributed by atoms with van der Waals surface area (Å²) >= 11 is 0. The molecule has 4 nitrogen and oxygen atoms in total. The minimum Gasteiger partial charge on any atom is -0.481 e. The highest BCUT2D eigenvalue weighted by Crippen LogP contribution is 2.33. The van der Waals surface area contributed by atoms with Gasteiger partial charge < -0.3 is 10.2 Å². The molecule has 0 amide bonds. The number of carboxylic acid groups (broad SMARTS) is 1. The van der Waals surface area contributed by atoms with Crippen molar-refractivity contribution in [3.8, 4) is 0 Å². The zero-order chi connectivity index (χ0) is 13.9. The number of rotatable bonds is 5. The minimum absolute atomic E-state index is 0.329. The Bertz CT molecular complexity index is 341. The highest BCUT2D eigenvalue weighted by Gasteiger charge is 2.37. The van der Waals surface area contributed by atoms with E-state index in [0.717, 1.165) is 0 Å². The molecule has 0 aromatic rings. The van der Waals surface area contributed by atoms with Crippen molar-refractivity contribution in [2.45, 2.75) is 57.0 Å². The van der Waals surface area contributed by atoms with Crippen LogP contribution < -0.4 is 0 Å². The van der Waals surface area contributed by atoms with Crippen molar-refractivity contribution in [3.63, 3.8) is 0 Å². The van der Waals surface area contributed by atoms with Crippen LogP contribution in [0.4, 0.5) is 0 Å². The van der Waals surface area contributed by atoms with Crippen LogP contribution in [0, 0.1) is 11.8 Å². The Morgan fingerprint density at radius 3 is 2.26 bits per heavy atom. The predicted molar refractivity (Wildman–Crippen MR) is 74.4 cm³/mol. The molecular weight excluding hydrogens is 264 g/mol. The Labute approximate surface area is 117 Å². The summed E-state index contributed by atoms with van der Waals surface area (Å²) in [6, 6.07) is 0. The van der Waals surface area contributed by atoms with Crippen molar-refractivity contribution in [1.29, 1.82) is 0 Å². The fourth-order valence-electron chi connectivity index (χ4n) is 3.34. The molecule has 0 saturated heterocycles. The van der Waals surface area contributed by atoms with Crippen LogP contribution in [0.2, 0.25) is 0 Å². The lowest BCUT2D eigenvalue weighted by atomic mass is 9.80. The van der Waals surface area contributed by atoms with Gasteiger partial charge in [-0.25, -0.2) is 0 Å². The lowest BCUT2D eigenvalue weighted by molar-refractivity contribution is -0.144. The molecule has 5 heteroatoms. The van der Waals surface area contributed by atoms with Gasteiger partial charge >= 0.3 is 5.97 Å². The van der Waals surface area contributed by atoms with Gasteiger partial charge in [0.25, 0.3) is 0 Å². The van der Waals surface area contributed by atoms with Gasteiger partial charge in [0.2, 0.25) is 0 Å². The summed E-state index contributed by atoms with van der Waals surface area (Å²) in [4.78, 5) is 10.9. The number of aliphatic hydroxyl groups is 1. The molecule has 2 N–H and O–H groups in total. The van der Waals surface area contributed by atoms with Crippen molar-refractivity contribution in [2.75, 3.05) is 11.5 Å². The Morgan fingerprint density at radius 2 is 1.74 bits per heavy atom. The third-order valence-electron chi connectivity index (χ3n) is 4.59. The van der Waals surface area contributed by atoms with Crippen molar-refractivity contribution in [3.05, 3.63) is 0 Å². The molecule has 0 radical (unpaired) electrons. The first-order chi connectivity index (χ1) is 8.98. The van der Waals surface area contributed by atoms with Gasteiger partial charge in [-0.05, 0) is 44.4 Å². The molecule has 2 rings (SSSR count). The van der Waals surface area contributed by atoms with Gasteiger partial charge in [-0.15, -0.1) is 0 Å². The maximum absolute atomic E-state index is 12.1. The predicted octanol–water partition coefficient (Wildman–Crippen LogP) is 1.93. The molecule has 0 aliphatic heterocycles. The van der Waals surface area contributed by atoms with E-state index in [4.69, 9.17) is 5.11 Å². The van der Waals surface area contributed by atoms with Crippen LogP contribution in [-0.2, 0) is 15.6 Å². The molecule has 2 aliphatic rings. The molecule has 2 fully saturated rings. The third kappa shape index (κ3) is 4.28. The van der Waals surface area contributed by atoms with Crippen molar-refractivity contribution >= 4 is 16.8 Å². The quantitative estimate of drug-likeness (QED) is 0.810. The molecule has 1 atom stereocenters. The Hall–Kier alpha value is -0.420. The minimum atomic E-state index is -0.966. The van der Waals surface area contributed by atoms with Gasteiger partial charge in [-0.1, -0.05) is 12.8 Å². The largest absolute Gasteiger partial charge is 0.481 e. The summed E-state index contributed by atoms with van der Waals surface area (Å²) < 4.78 is 12.1. The van der Waals surface area contributed by atoms with E-state index in [0.29, 0.717) is 43.1 Å². The molecule has 0 aromatic carbocycles. The topological polar surface area (TPSA) is 74.6 Å². The maximum atomic E-state index is 12.1. The number of carboxylic acids is 1. The van der Waals surface area contributed by atoms with Crippen molar-refractivity contribution in [2.24, 2.45) is 11.8 Å². The van der Waals surface area contributed by atoms with E-state index in [1.165, 1.54) is 25.7 Å². The average Bonchev–Trinajstić information content (AvgIpc) is 2.81. The smallest absolute Gasteiger partial charge is 0.306 e. The van der Waals surface area contributed by atoms with Gasteiger partial charge in [0, 0.05) is 16.6 Å². The van der Waals surface area contributed by atoms with Gasteiger partial charge in [-0.2, -0.15) is 0 Å². The number of carbonyl (C=O) groups is 1. The zero-order valence-corrected chi connectivity index (χ0v) is 12.2. The van der Waals surface area contributed by atoms with Gasteiger partial charge in [0.1, 0.15) is 0 Å². The SMILES string of the molecule is O=C(O)C1CCC(O)(CS(=O)CC2CCCC2)CC1. The molecule has 0 heterocycles. The Kier molecular flexibility index (Phi) is 5.01. The summed E-state index contributed by atoms with van der Waals surface area (Å²) in [6.07, 6.45) is 6.79. The first kappa shape index (κ1) is 15.0. The second-order valence-corrected chi connectivity index (χ2v) is 7.74. The number of hydrogen-bond acceptors (Lipinski definition) is 3. The fourth-order valence-corrected chi connectivity index (χ4v) is 5.21. The van der Waals surface area contributed by atoms with Gasteiger partial charge in [0.05, 0.1) is 17.3 Å². The highest BCUT2D eigenvalue weighted by molar-refractivity contribution is 7.85. The average molecular weight is 288 g/mol. The summed E-state index contributed by atoms with van der Waals surface area (Å²) in [5.41, 5.74) is -0.893. The lowest BCUT2D eigenvalue weighted by Gasteiger charge is -2.34. The molecule has 0 aromatic heterocycles. The molecule has 110 valence electrons. The zero-order valence-electron chi connectivity index (χ0n) is 11.3. The van der Waals surface area contributed by atoms with Gasteiger partial charge in [0.15, 0.2) is 0 Å². The maximum Gasteiger partial charge on any atom is 0.306 e. The molecule has 2 saturated carbocycles. The van der Waals surface area contributed by atoms with Crippen LogP contribution >= 0.6 is 0 Å². The summed E-state index contributed by atoms with van der Waals surface area (Å²) in [5, 5.41) is 19.4. The summed E-state index contributed by atoms with van der Waals surface area (Å²) in [5.74, 6) is 0.512. The first-order valence-electron chi connectivity index (χ1n) is 7.29. The second-order valence-electron chi connectivity index (χ2n) is 6.24. The van der Waals surface area contributed by atoms with Crippen LogP contribution in [0.15, 0.2) is 0 Å². The van der Waals surface area contributed by atoms with E-state index in [9.17, 15) is 14.1 Å². The van der Waals surface area contributed by atoms with E-state index in [1.54, 1.807) is 0 Å². The molecule has 0 bridgehead atoms.